The van der Waals surface area contributed by atoms with Crippen LogP contribution in [0.25, 0.3) is 0 Å². The topological polar surface area (TPSA) is 70.6 Å². The summed E-state index contributed by atoms with van der Waals surface area (Å²) in [5, 5.41) is 15.5. The minimum Gasteiger partial charge on any atom is -0.491 e. The fourth-order valence-electron chi connectivity index (χ4n) is 2.48. The molecule has 0 spiro atoms. The van der Waals surface area contributed by atoms with Crippen molar-refractivity contribution in [3.63, 3.8) is 0 Å². The summed E-state index contributed by atoms with van der Waals surface area (Å²) in [5.74, 6) is 1.32. The van der Waals surface area contributed by atoms with E-state index < -0.39 is 6.10 Å². The highest BCUT2D eigenvalue weighted by molar-refractivity contribution is 5.74. The lowest BCUT2D eigenvalue weighted by Gasteiger charge is -2.31. The van der Waals surface area contributed by atoms with Gasteiger partial charge in [-0.2, -0.15) is 0 Å². The Morgan fingerprint density at radius 3 is 2.86 bits per heavy atom. The van der Waals surface area contributed by atoms with Crippen molar-refractivity contribution in [3.05, 3.63) is 29.8 Å². The van der Waals surface area contributed by atoms with Gasteiger partial charge in [-0.1, -0.05) is 18.6 Å². The van der Waals surface area contributed by atoms with Crippen LogP contribution in [0, 0.1) is 12.8 Å². The molecule has 0 aromatic heterocycles. The summed E-state index contributed by atoms with van der Waals surface area (Å²) in [7, 11) is 0. The van der Waals surface area contributed by atoms with E-state index in [1.165, 1.54) is 19.3 Å². The third kappa shape index (κ3) is 5.22. The zero-order chi connectivity index (χ0) is 15.9. The second kappa shape index (κ2) is 8.03. The van der Waals surface area contributed by atoms with E-state index in [1.54, 1.807) is 0 Å². The van der Waals surface area contributed by atoms with E-state index in [0.29, 0.717) is 5.92 Å². The summed E-state index contributed by atoms with van der Waals surface area (Å²) >= 11 is 0. The molecular formula is C17H26N2O3. The first-order chi connectivity index (χ1) is 10.5. The van der Waals surface area contributed by atoms with Gasteiger partial charge >= 0.3 is 6.03 Å². The molecule has 122 valence electrons. The molecule has 5 nitrogen and oxygen atoms in total. The molecule has 0 aliphatic heterocycles. The van der Waals surface area contributed by atoms with Crippen LogP contribution in [0.15, 0.2) is 24.3 Å². The Bertz CT molecular complexity index is 489. The van der Waals surface area contributed by atoms with E-state index in [0.717, 1.165) is 11.3 Å². The van der Waals surface area contributed by atoms with E-state index in [1.807, 2.05) is 38.1 Å². The van der Waals surface area contributed by atoms with Gasteiger partial charge in [0.25, 0.3) is 0 Å². The summed E-state index contributed by atoms with van der Waals surface area (Å²) in [6, 6.07) is 7.61. The Hall–Kier alpha value is -1.75. The Morgan fingerprint density at radius 1 is 1.45 bits per heavy atom. The second-order valence-electron chi connectivity index (χ2n) is 6.12. The van der Waals surface area contributed by atoms with Crippen molar-refractivity contribution in [3.8, 4) is 5.75 Å². The van der Waals surface area contributed by atoms with Gasteiger partial charge in [-0.3, -0.25) is 0 Å². The maximum absolute atomic E-state index is 11.7. The van der Waals surface area contributed by atoms with Gasteiger partial charge in [-0.15, -0.1) is 0 Å². The maximum Gasteiger partial charge on any atom is 0.315 e. The molecule has 2 amide bonds. The number of hydrogen-bond donors (Lipinski definition) is 3. The van der Waals surface area contributed by atoms with Gasteiger partial charge in [-0.05, 0) is 50.3 Å². The zero-order valence-electron chi connectivity index (χ0n) is 13.3. The highest BCUT2D eigenvalue weighted by atomic mass is 16.5. The van der Waals surface area contributed by atoms with Crippen molar-refractivity contribution in [2.75, 3.05) is 13.2 Å². The van der Waals surface area contributed by atoms with Crippen LogP contribution in [0.1, 0.15) is 31.7 Å². The van der Waals surface area contributed by atoms with Crippen LogP contribution in [0.3, 0.4) is 0 Å². The van der Waals surface area contributed by atoms with Crippen molar-refractivity contribution < 1.29 is 14.6 Å². The Labute approximate surface area is 132 Å². The van der Waals surface area contributed by atoms with Crippen molar-refractivity contribution in [1.29, 1.82) is 0 Å². The Kier molecular flexibility index (Phi) is 6.07. The molecule has 1 aliphatic carbocycles. The lowest BCUT2D eigenvalue weighted by Crippen LogP contribution is -2.47. The van der Waals surface area contributed by atoms with E-state index in [9.17, 15) is 9.90 Å². The summed E-state index contributed by atoms with van der Waals surface area (Å²) in [4.78, 5) is 11.7. The van der Waals surface area contributed by atoms with E-state index in [-0.39, 0.29) is 25.2 Å². The van der Waals surface area contributed by atoms with E-state index in [4.69, 9.17) is 4.74 Å². The molecule has 2 rings (SSSR count). The van der Waals surface area contributed by atoms with Crippen LogP contribution in [0.2, 0.25) is 0 Å². The van der Waals surface area contributed by atoms with Gasteiger partial charge in [0.2, 0.25) is 0 Å². The first-order valence-corrected chi connectivity index (χ1v) is 7.96. The Morgan fingerprint density at radius 2 is 2.23 bits per heavy atom. The molecule has 1 aliphatic rings. The molecule has 0 bridgehead atoms. The van der Waals surface area contributed by atoms with Crippen molar-refractivity contribution in [2.24, 2.45) is 5.92 Å². The monoisotopic (exact) mass is 306 g/mol. The normalized spacial score (nSPS) is 17.2. The molecule has 2 atom stereocenters. The second-order valence-corrected chi connectivity index (χ2v) is 6.12. The predicted molar refractivity (Wildman–Crippen MR) is 86.0 cm³/mol. The van der Waals surface area contributed by atoms with E-state index >= 15 is 0 Å². The number of carbonyl (C=O) groups excluding carboxylic acids is 1. The molecule has 1 saturated carbocycles. The number of aliphatic hydroxyl groups excluding tert-OH is 1. The number of carbonyl (C=O) groups is 1. The van der Waals surface area contributed by atoms with Gasteiger partial charge in [0, 0.05) is 12.6 Å². The molecule has 1 fully saturated rings. The van der Waals surface area contributed by atoms with Crippen molar-refractivity contribution >= 4 is 6.03 Å². The lowest BCUT2D eigenvalue weighted by atomic mass is 9.80. The highest BCUT2D eigenvalue weighted by Gasteiger charge is 2.24. The Balaban J connectivity index is 1.62. The summed E-state index contributed by atoms with van der Waals surface area (Å²) in [5.41, 5.74) is 1.11. The smallest absolute Gasteiger partial charge is 0.315 e. The highest BCUT2D eigenvalue weighted by Crippen LogP contribution is 2.29. The third-order valence-corrected chi connectivity index (χ3v) is 4.15. The molecule has 0 saturated heterocycles. The lowest BCUT2D eigenvalue weighted by molar-refractivity contribution is 0.107. The third-order valence-electron chi connectivity index (χ3n) is 4.15. The van der Waals surface area contributed by atoms with Crippen LogP contribution >= 0.6 is 0 Å². The first kappa shape index (κ1) is 16.6. The molecule has 1 aromatic rings. The van der Waals surface area contributed by atoms with Crippen molar-refractivity contribution in [2.45, 2.75) is 45.3 Å². The van der Waals surface area contributed by atoms with Crippen LogP contribution in [0.5, 0.6) is 5.75 Å². The quantitative estimate of drug-likeness (QED) is 0.723. The van der Waals surface area contributed by atoms with Crippen LogP contribution < -0.4 is 15.4 Å². The predicted octanol–water partition coefficient (Wildman–Crippen LogP) is 2.22. The van der Waals surface area contributed by atoms with Gasteiger partial charge < -0.3 is 20.5 Å². The zero-order valence-corrected chi connectivity index (χ0v) is 13.3. The van der Waals surface area contributed by atoms with Gasteiger partial charge in [-0.25, -0.2) is 4.79 Å². The number of aliphatic hydroxyl groups is 1. The summed E-state index contributed by atoms with van der Waals surface area (Å²) in [6.45, 7) is 4.34. The largest absolute Gasteiger partial charge is 0.491 e. The van der Waals surface area contributed by atoms with Crippen LogP contribution in [-0.2, 0) is 0 Å². The number of ether oxygens (including phenoxy) is 1. The standard InChI is InChI=1S/C17H26N2O3/c1-12-5-3-8-16(9-12)22-11-15(20)10-18-17(21)19-13(2)14-6-4-7-14/h3,5,8-9,13-15,20H,4,6-7,10-11H2,1-2H3,(H2,18,19,21). The average Bonchev–Trinajstić information content (AvgIpc) is 2.41. The molecule has 22 heavy (non-hydrogen) atoms. The molecular weight excluding hydrogens is 280 g/mol. The minimum atomic E-state index is -0.731. The number of urea groups is 1. The van der Waals surface area contributed by atoms with Crippen molar-refractivity contribution in [1.82, 2.24) is 10.6 Å². The molecule has 1 aromatic carbocycles. The molecule has 0 heterocycles. The average molecular weight is 306 g/mol. The molecule has 3 N–H and O–H groups in total. The summed E-state index contributed by atoms with van der Waals surface area (Å²) in [6.07, 6.45) is 2.90. The van der Waals surface area contributed by atoms with Crippen LogP contribution in [-0.4, -0.2) is 36.4 Å². The number of amides is 2. The summed E-state index contributed by atoms with van der Waals surface area (Å²) < 4.78 is 5.51. The SMILES string of the molecule is Cc1cccc(OCC(O)CNC(=O)NC(C)C2CCC2)c1. The van der Waals surface area contributed by atoms with E-state index in [2.05, 4.69) is 10.6 Å². The number of nitrogens with one attached hydrogen (secondary N) is 2. The van der Waals surface area contributed by atoms with Gasteiger partial charge in [0.05, 0.1) is 0 Å². The van der Waals surface area contributed by atoms with Gasteiger partial charge in [0.1, 0.15) is 18.5 Å². The van der Waals surface area contributed by atoms with Gasteiger partial charge in [0.15, 0.2) is 0 Å². The fourth-order valence-corrected chi connectivity index (χ4v) is 2.48. The first-order valence-electron chi connectivity index (χ1n) is 7.96. The number of benzene rings is 1. The maximum atomic E-state index is 11.7. The number of aryl methyl sites for hydroxylation is 1. The van der Waals surface area contributed by atoms with Crippen LogP contribution in [0.4, 0.5) is 4.79 Å². The molecule has 5 heteroatoms. The number of rotatable bonds is 7. The molecule has 0 radical (unpaired) electrons. The molecule has 2 unspecified atom stereocenters. The fraction of sp³-hybridized carbons (Fsp3) is 0.588. The minimum absolute atomic E-state index is 0.155. The number of hydrogen-bond acceptors (Lipinski definition) is 3.